The van der Waals surface area contributed by atoms with E-state index in [1.54, 1.807) is 26.8 Å². The van der Waals surface area contributed by atoms with Crippen LogP contribution in [-0.2, 0) is 24.3 Å². The van der Waals surface area contributed by atoms with Crippen molar-refractivity contribution in [3.63, 3.8) is 0 Å². The highest BCUT2D eigenvalue weighted by atomic mass is 32.2. The van der Waals surface area contributed by atoms with Crippen LogP contribution in [0.15, 0.2) is 53.4 Å². The molecule has 1 unspecified atom stereocenters. The van der Waals surface area contributed by atoms with Crippen molar-refractivity contribution < 1.29 is 32.2 Å². The molecule has 0 fully saturated rings. The molecule has 2 rings (SSSR count). The number of rotatable bonds is 11. The number of nitrogens with one attached hydrogen (secondary N) is 2. The maximum atomic E-state index is 12.7. The third-order valence-corrected chi connectivity index (χ3v) is 6.36. The number of sulfonamides is 1. The van der Waals surface area contributed by atoms with Gasteiger partial charge in [0.2, 0.25) is 10.0 Å². The fraction of sp³-hybridized carbons (Fsp3) is 0.391. The highest BCUT2D eigenvalue weighted by Gasteiger charge is 2.30. The third-order valence-electron chi connectivity index (χ3n) is 4.90. The number of carbonyl (C=O) groups excluding carboxylic acids is 2. The molecule has 0 aliphatic rings. The van der Waals surface area contributed by atoms with Crippen molar-refractivity contribution in [1.29, 1.82) is 0 Å². The first kappa shape index (κ1) is 26.1. The zero-order chi connectivity index (χ0) is 24.6. The predicted molar refractivity (Wildman–Crippen MR) is 122 cm³/mol. The van der Waals surface area contributed by atoms with Gasteiger partial charge in [-0.25, -0.2) is 8.42 Å². The Hall–Kier alpha value is -3.11. The van der Waals surface area contributed by atoms with E-state index in [-0.39, 0.29) is 10.9 Å². The van der Waals surface area contributed by atoms with Crippen LogP contribution in [0.1, 0.15) is 32.4 Å². The lowest BCUT2D eigenvalue weighted by molar-refractivity contribution is -0.151. The topological polar surface area (TPSA) is 120 Å². The van der Waals surface area contributed by atoms with Crippen LogP contribution in [0.4, 0.5) is 0 Å². The Bertz CT molecular complexity index is 1050. The maximum absolute atomic E-state index is 12.7. The van der Waals surface area contributed by atoms with Crippen LogP contribution in [0.3, 0.4) is 0 Å². The van der Waals surface area contributed by atoms with Gasteiger partial charge in [0.15, 0.2) is 6.61 Å². The Kier molecular flexibility index (Phi) is 9.24. The minimum absolute atomic E-state index is 0.0230. The Morgan fingerprint density at radius 2 is 1.58 bits per heavy atom. The normalized spacial score (nSPS) is 13.2. The molecule has 2 N–H and O–H groups in total. The van der Waals surface area contributed by atoms with E-state index in [0.717, 1.165) is 5.56 Å². The number of carbonyl (C=O) groups is 2. The lowest BCUT2D eigenvalue weighted by Gasteiger charge is -2.21. The number of hydrogen-bond donors (Lipinski definition) is 2. The molecule has 0 bridgehead atoms. The van der Waals surface area contributed by atoms with E-state index in [1.807, 2.05) is 18.2 Å². The van der Waals surface area contributed by atoms with Crippen molar-refractivity contribution >= 4 is 21.9 Å². The molecule has 9 nitrogen and oxygen atoms in total. The molecule has 0 saturated carbocycles. The molecule has 1 amide bonds. The molecule has 10 heteroatoms. The van der Waals surface area contributed by atoms with Gasteiger partial charge >= 0.3 is 5.97 Å². The Labute approximate surface area is 194 Å². The van der Waals surface area contributed by atoms with Crippen molar-refractivity contribution in [2.24, 2.45) is 5.92 Å². The Morgan fingerprint density at radius 1 is 0.939 bits per heavy atom. The van der Waals surface area contributed by atoms with Gasteiger partial charge < -0.3 is 19.5 Å². The number of benzene rings is 2. The summed E-state index contributed by atoms with van der Waals surface area (Å²) in [5.74, 6) is -0.664. The smallest absolute Gasteiger partial charge is 0.324 e. The summed E-state index contributed by atoms with van der Waals surface area (Å²) >= 11 is 0. The van der Waals surface area contributed by atoms with Gasteiger partial charge in [-0.1, -0.05) is 32.0 Å². The van der Waals surface area contributed by atoms with Crippen LogP contribution in [0.5, 0.6) is 11.5 Å². The number of hydrogen-bond acceptors (Lipinski definition) is 7. The summed E-state index contributed by atoms with van der Waals surface area (Å²) in [7, 11) is -0.989. The minimum atomic E-state index is -4.00. The number of methoxy groups -OCH3 is 2. The number of esters is 1. The summed E-state index contributed by atoms with van der Waals surface area (Å²) in [6.45, 7) is 4.57. The van der Waals surface area contributed by atoms with E-state index in [9.17, 15) is 18.0 Å². The Morgan fingerprint density at radius 3 is 2.15 bits per heavy atom. The first-order valence-corrected chi connectivity index (χ1v) is 11.8. The van der Waals surface area contributed by atoms with Crippen LogP contribution >= 0.6 is 0 Å². The van der Waals surface area contributed by atoms with Crippen LogP contribution in [0.25, 0.3) is 0 Å². The molecule has 33 heavy (non-hydrogen) atoms. The number of para-hydroxylation sites is 1. The summed E-state index contributed by atoms with van der Waals surface area (Å²) in [6.07, 6.45) is 0. The highest BCUT2D eigenvalue weighted by molar-refractivity contribution is 7.89. The van der Waals surface area contributed by atoms with Crippen molar-refractivity contribution in [3.8, 4) is 11.5 Å². The summed E-state index contributed by atoms with van der Waals surface area (Å²) in [6, 6.07) is 11.4. The van der Waals surface area contributed by atoms with Crippen molar-refractivity contribution in [2.45, 2.75) is 37.8 Å². The monoisotopic (exact) mass is 478 g/mol. The molecule has 0 spiro atoms. The van der Waals surface area contributed by atoms with Crippen LogP contribution in [0, 0.1) is 5.92 Å². The standard InChI is InChI=1S/C23H30N2O7S/c1-15(2)22(25-33(28,29)18-12-10-17(30-4)11-13-18)23(27)32-14-21(26)24-16(3)19-8-6-7-9-20(19)31-5/h6-13,15-16,22,25H,14H2,1-5H3,(H,24,26)/t16?,22-/m0/s1. The van der Waals surface area contributed by atoms with E-state index in [2.05, 4.69) is 10.0 Å². The number of amides is 1. The lowest BCUT2D eigenvalue weighted by atomic mass is 10.1. The molecule has 0 saturated heterocycles. The van der Waals surface area contributed by atoms with Crippen LogP contribution in [-0.4, -0.2) is 47.2 Å². The maximum Gasteiger partial charge on any atom is 0.324 e. The van der Waals surface area contributed by atoms with Crippen molar-refractivity contribution in [3.05, 3.63) is 54.1 Å². The van der Waals surface area contributed by atoms with E-state index in [4.69, 9.17) is 14.2 Å². The summed E-state index contributed by atoms with van der Waals surface area (Å²) in [5, 5.41) is 2.73. The van der Waals surface area contributed by atoms with Crippen molar-refractivity contribution in [1.82, 2.24) is 10.0 Å². The summed E-state index contributed by atoms with van der Waals surface area (Å²) < 4.78 is 43.2. The van der Waals surface area contributed by atoms with Gasteiger partial charge in [-0.05, 0) is 43.2 Å². The van der Waals surface area contributed by atoms with Gasteiger partial charge in [0.05, 0.1) is 25.2 Å². The molecule has 0 aliphatic heterocycles. The van der Waals surface area contributed by atoms with Crippen LogP contribution < -0.4 is 19.5 Å². The average Bonchev–Trinajstić information content (AvgIpc) is 2.80. The molecule has 2 aromatic rings. The van der Waals surface area contributed by atoms with Crippen LogP contribution in [0.2, 0.25) is 0 Å². The average molecular weight is 479 g/mol. The van der Waals surface area contributed by atoms with Gasteiger partial charge in [-0.2, -0.15) is 4.72 Å². The second-order valence-electron chi connectivity index (χ2n) is 7.66. The van der Waals surface area contributed by atoms with Gasteiger partial charge in [0.25, 0.3) is 5.91 Å². The fourth-order valence-corrected chi connectivity index (χ4v) is 4.39. The molecule has 180 valence electrons. The van der Waals surface area contributed by atoms with E-state index < -0.39 is 40.5 Å². The van der Waals surface area contributed by atoms with E-state index in [1.165, 1.54) is 38.5 Å². The molecular weight excluding hydrogens is 448 g/mol. The fourth-order valence-electron chi connectivity index (χ4n) is 3.06. The molecule has 0 radical (unpaired) electrons. The van der Waals surface area contributed by atoms with E-state index >= 15 is 0 Å². The van der Waals surface area contributed by atoms with Gasteiger partial charge in [0, 0.05) is 5.56 Å². The SMILES string of the molecule is COc1ccc(S(=O)(=O)N[C@H](C(=O)OCC(=O)NC(C)c2ccccc2OC)C(C)C)cc1. The van der Waals surface area contributed by atoms with E-state index in [0.29, 0.717) is 11.5 Å². The second-order valence-corrected chi connectivity index (χ2v) is 9.37. The largest absolute Gasteiger partial charge is 0.497 e. The molecule has 2 aromatic carbocycles. The second kappa shape index (κ2) is 11.7. The zero-order valence-corrected chi connectivity index (χ0v) is 20.1. The molecular formula is C23H30N2O7S. The molecule has 0 heterocycles. The first-order chi connectivity index (χ1) is 15.6. The zero-order valence-electron chi connectivity index (χ0n) is 19.3. The predicted octanol–water partition coefficient (Wildman–Crippen LogP) is 2.43. The lowest BCUT2D eigenvalue weighted by Crippen LogP contribution is -2.46. The van der Waals surface area contributed by atoms with Crippen molar-refractivity contribution in [2.75, 3.05) is 20.8 Å². The summed E-state index contributed by atoms with van der Waals surface area (Å²) in [5.41, 5.74) is 0.770. The highest BCUT2D eigenvalue weighted by Crippen LogP contribution is 2.24. The summed E-state index contributed by atoms with van der Waals surface area (Å²) in [4.78, 5) is 24.9. The minimum Gasteiger partial charge on any atom is -0.497 e. The molecule has 0 aromatic heterocycles. The molecule has 0 aliphatic carbocycles. The third kappa shape index (κ3) is 7.19. The van der Waals surface area contributed by atoms with Gasteiger partial charge in [-0.15, -0.1) is 0 Å². The Balaban J connectivity index is 1.99. The first-order valence-electron chi connectivity index (χ1n) is 10.3. The van der Waals surface area contributed by atoms with Gasteiger partial charge in [0.1, 0.15) is 17.5 Å². The number of ether oxygens (including phenoxy) is 3. The molecule has 2 atom stereocenters. The van der Waals surface area contributed by atoms with Gasteiger partial charge in [-0.3, -0.25) is 9.59 Å². The quantitative estimate of drug-likeness (QED) is 0.476.